The van der Waals surface area contributed by atoms with Crippen LogP contribution in [-0.4, -0.2) is 75.7 Å². The second-order valence-corrected chi connectivity index (χ2v) is 8.61. The molecule has 1 saturated heterocycles. The topological polar surface area (TPSA) is 65.0 Å². The van der Waals surface area contributed by atoms with Crippen LogP contribution in [0.4, 0.5) is 4.39 Å². The first-order chi connectivity index (χ1) is 12.5. The molecule has 1 atom stereocenters. The Morgan fingerprint density at radius 3 is 2.67 bits per heavy atom. The minimum absolute atomic E-state index is 0. The molecule has 2 aliphatic heterocycles. The first-order valence-electron chi connectivity index (χ1n) is 8.83. The molecular formula is C18H26FIN4O2S. The average molecular weight is 508 g/mol. The molecule has 150 valence electrons. The van der Waals surface area contributed by atoms with Crippen LogP contribution in [-0.2, 0) is 9.84 Å². The van der Waals surface area contributed by atoms with Crippen molar-refractivity contribution in [3.8, 4) is 0 Å². The van der Waals surface area contributed by atoms with Gasteiger partial charge >= 0.3 is 0 Å². The summed E-state index contributed by atoms with van der Waals surface area (Å²) in [5, 5.41) is 3.11. The van der Waals surface area contributed by atoms with E-state index in [1.165, 1.54) is 18.2 Å². The lowest BCUT2D eigenvalue weighted by Gasteiger charge is -2.25. The van der Waals surface area contributed by atoms with E-state index in [1.54, 1.807) is 7.05 Å². The maximum Gasteiger partial charge on any atom is 0.193 e. The van der Waals surface area contributed by atoms with Crippen LogP contribution in [0, 0.1) is 5.82 Å². The normalized spacial score (nSPS) is 20.7. The van der Waals surface area contributed by atoms with Crippen molar-refractivity contribution in [3.63, 3.8) is 0 Å². The molecule has 1 unspecified atom stereocenters. The molecule has 0 spiro atoms. The molecule has 6 nitrogen and oxygen atoms in total. The van der Waals surface area contributed by atoms with Crippen molar-refractivity contribution < 1.29 is 12.8 Å². The second-order valence-electron chi connectivity index (χ2n) is 6.54. The van der Waals surface area contributed by atoms with Gasteiger partial charge in [-0.2, -0.15) is 0 Å². The Bertz CT molecular complexity index is 792. The van der Waals surface area contributed by atoms with Gasteiger partial charge in [-0.3, -0.25) is 9.89 Å². The minimum Gasteiger partial charge on any atom is -0.355 e. The van der Waals surface area contributed by atoms with Gasteiger partial charge in [-0.15, -0.1) is 24.0 Å². The molecule has 1 aromatic rings. The third-order valence-corrected chi connectivity index (χ3v) is 6.61. The van der Waals surface area contributed by atoms with Crippen molar-refractivity contribution >= 4 is 39.8 Å². The van der Waals surface area contributed by atoms with Gasteiger partial charge in [0.25, 0.3) is 0 Å². The van der Waals surface area contributed by atoms with Gasteiger partial charge in [0.15, 0.2) is 15.8 Å². The molecule has 1 aromatic carbocycles. The number of hydrogen-bond acceptors (Lipinski definition) is 4. The number of aliphatic imine (C=N–C) groups is 1. The van der Waals surface area contributed by atoms with Gasteiger partial charge < -0.3 is 10.2 Å². The van der Waals surface area contributed by atoms with E-state index in [2.05, 4.69) is 32.3 Å². The fourth-order valence-corrected chi connectivity index (χ4v) is 4.70. The molecule has 0 amide bonds. The largest absolute Gasteiger partial charge is 0.355 e. The molecule has 0 bridgehead atoms. The molecule has 27 heavy (non-hydrogen) atoms. The molecule has 2 heterocycles. The van der Waals surface area contributed by atoms with Crippen LogP contribution < -0.4 is 5.32 Å². The SMILES string of the molecule is CN=C(NCCS(=O)(=O)c1ccccc1F)N1CCC(N2CC=CC2)C1.I. The quantitative estimate of drug-likeness (QED) is 0.284. The summed E-state index contributed by atoms with van der Waals surface area (Å²) in [6.45, 7) is 3.94. The lowest BCUT2D eigenvalue weighted by atomic mass is 10.2. The van der Waals surface area contributed by atoms with Crippen LogP contribution in [0.2, 0.25) is 0 Å². The molecule has 3 rings (SSSR count). The average Bonchev–Trinajstić information content (AvgIpc) is 3.30. The molecule has 1 N–H and O–H groups in total. The second kappa shape index (κ2) is 9.83. The molecule has 1 fully saturated rings. The molecular weight excluding hydrogens is 482 g/mol. The van der Waals surface area contributed by atoms with Gasteiger partial charge in [0, 0.05) is 45.8 Å². The Labute approximate surface area is 177 Å². The number of guanidine groups is 1. The van der Waals surface area contributed by atoms with Crippen molar-refractivity contribution in [2.75, 3.05) is 45.5 Å². The monoisotopic (exact) mass is 508 g/mol. The predicted octanol–water partition coefficient (Wildman–Crippen LogP) is 1.74. The maximum atomic E-state index is 13.7. The van der Waals surface area contributed by atoms with E-state index in [1.807, 2.05) is 0 Å². The molecule has 0 saturated carbocycles. The molecule has 0 radical (unpaired) electrons. The van der Waals surface area contributed by atoms with Crippen LogP contribution in [0.3, 0.4) is 0 Å². The van der Waals surface area contributed by atoms with E-state index >= 15 is 0 Å². The zero-order valence-corrected chi connectivity index (χ0v) is 18.5. The minimum atomic E-state index is -3.67. The fraction of sp³-hybridized carbons (Fsp3) is 0.500. The molecule has 2 aliphatic rings. The highest BCUT2D eigenvalue weighted by atomic mass is 127. The maximum absolute atomic E-state index is 13.7. The van der Waals surface area contributed by atoms with Crippen molar-refractivity contribution in [2.24, 2.45) is 4.99 Å². The Morgan fingerprint density at radius 1 is 1.30 bits per heavy atom. The molecule has 0 aliphatic carbocycles. The summed E-state index contributed by atoms with van der Waals surface area (Å²) in [7, 11) is -1.98. The number of likely N-dealkylation sites (tertiary alicyclic amines) is 1. The first kappa shape index (κ1) is 22.1. The lowest BCUT2D eigenvalue weighted by Crippen LogP contribution is -2.44. The molecule has 9 heteroatoms. The number of sulfone groups is 1. The van der Waals surface area contributed by atoms with Gasteiger partial charge in [-0.05, 0) is 18.6 Å². The van der Waals surface area contributed by atoms with Gasteiger partial charge in [0.1, 0.15) is 10.7 Å². The van der Waals surface area contributed by atoms with Crippen molar-refractivity contribution in [1.82, 2.24) is 15.1 Å². The number of halogens is 2. The molecule has 0 aromatic heterocycles. The van der Waals surface area contributed by atoms with Crippen molar-refractivity contribution in [2.45, 2.75) is 17.4 Å². The number of nitrogens with zero attached hydrogens (tertiary/aromatic N) is 3. The van der Waals surface area contributed by atoms with Crippen molar-refractivity contribution in [3.05, 3.63) is 42.2 Å². The number of rotatable bonds is 5. The summed E-state index contributed by atoms with van der Waals surface area (Å²) in [6.07, 6.45) is 5.43. The van der Waals surface area contributed by atoms with Gasteiger partial charge in [-0.1, -0.05) is 24.3 Å². The summed E-state index contributed by atoms with van der Waals surface area (Å²) < 4.78 is 38.4. The number of nitrogens with one attached hydrogen (secondary N) is 1. The van der Waals surface area contributed by atoms with Crippen LogP contribution in [0.5, 0.6) is 0 Å². The van der Waals surface area contributed by atoms with Crippen LogP contribution >= 0.6 is 24.0 Å². The highest BCUT2D eigenvalue weighted by molar-refractivity contribution is 14.0. The van der Waals surface area contributed by atoms with E-state index < -0.39 is 15.7 Å². The summed E-state index contributed by atoms with van der Waals surface area (Å²) >= 11 is 0. The number of benzene rings is 1. The van der Waals surface area contributed by atoms with Crippen LogP contribution in [0.1, 0.15) is 6.42 Å². The van der Waals surface area contributed by atoms with E-state index in [9.17, 15) is 12.8 Å². The van der Waals surface area contributed by atoms with E-state index in [-0.39, 0.29) is 41.2 Å². The van der Waals surface area contributed by atoms with Crippen molar-refractivity contribution in [1.29, 1.82) is 0 Å². The van der Waals surface area contributed by atoms with E-state index in [0.29, 0.717) is 12.0 Å². The summed E-state index contributed by atoms with van der Waals surface area (Å²) in [6, 6.07) is 5.96. The third kappa shape index (κ3) is 5.41. The Kier molecular flexibility index (Phi) is 8.04. The highest BCUT2D eigenvalue weighted by Gasteiger charge is 2.29. The Morgan fingerprint density at radius 2 is 2.00 bits per heavy atom. The van der Waals surface area contributed by atoms with Crippen LogP contribution in [0.25, 0.3) is 0 Å². The standard InChI is InChI=1S/C18H25FN4O2S.HI/c1-20-18(23-12-8-15(14-23)22-10-4-5-11-22)21-9-13-26(24,25)17-7-3-2-6-16(17)19;/h2-7,15H,8-14H2,1H3,(H,20,21);1H. The Hall–Kier alpha value is -1.20. The summed E-state index contributed by atoms with van der Waals surface area (Å²) in [5.41, 5.74) is 0. The lowest BCUT2D eigenvalue weighted by molar-refractivity contribution is 0.259. The zero-order valence-electron chi connectivity index (χ0n) is 15.3. The summed E-state index contributed by atoms with van der Waals surface area (Å²) in [5.74, 6) is -0.192. The Balaban J connectivity index is 0.00000261. The van der Waals surface area contributed by atoms with E-state index in [0.717, 1.165) is 38.7 Å². The third-order valence-electron chi connectivity index (χ3n) is 4.86. The van der Waals surface area contributed by atoms with E-state index in [4.69, 9.17) is 0 Å². The fourth-order valence-electron chi connectivity index (χ4n) is 3.46. The zero-order chi connectivity index (χ0) is 18.6. The predicted molar refractivity (Wildman–Crippen MR) is 116 cm³/mol. The van der Waals surface area contributed by atoms with Gasteiger partial charge in [-0.25, -0.2) is 12.8 Å². The van der Waals surface area contributed by atoms with Crippen LogP contribution in [0.15, 0.2) is 46.3 Å². The summed E-state index contributed by atoms with van der Waals surface area (Å²) in [4.78, 5) is 8.60. The van der Waals surface area contributed by atoms with Gasteiger partial charge in [0.2, 0.25) is 0 Å². The smallest absolute Gasteiger partial charge is 0.193 e. The highest BCUT2D eigenvalue weighted by Crippen LogP contribution is 2.18. The first-order valence-corrected chi connectivity index (χ1v) is 10.5. The van der Waals surface area contributed by atoms with Gasteiger partial charge in [0.05, 0.1) is 5.75 Å². The number of hydrogen-bond donors (Lipinski definition) is 1.